The van der Waals surface area contributed by atoms with Gasteiger partial charge in [-0.25, -0.2) is 0 Å². The van der Waals surface area contributed by atoms with E-state index in [-0.39, 0.29) is 31.1 Å². The lowest BCUT2D eigenvalue weighted by atomic mass is 10.1. The minimum Gasteiger partial charge on any atom is -0.462 e. The fraction of sp³-hybridized carbons (Fsp3) is 0.569. The zero-order valence-corrected chi connectivity index (χ0v) is 40.7. The molecule has 6 heteroatoms. The summed E-state index contributed by atoms with van der Waals surface area (Å²) in [5, 5.41) is 0. The molecule has 0 aromatic heterocycles. The lowest BCUT2D eigenvalue weighted by Crippen LogP contribution is -2.30. The molecule has 1 unspecified atom stereocenters. The summed E-state index contributed by atoms with van der Waals surface area (Å²) < 4.78 is 16.7. The Labute approximate surface area is 392 Å². The van der Waals surface area contributed by atoms with Crippen molar-refractivity contribution in [2.75, 3.05) is 13.2 Å². The first-order valence-electron chi connectivity index (χ1n) is 25.2. The second kappa shape index (κ2) is 51.2. The minimum absolute atomic E-state index is 0.117. The Balaban J connectivity index is 4.53. The van der Waals surface area contributed by atoms with Gasteiger partial charge in [-0.15, -0.1) is 0 Å². The molecule has 6 nitrogen and oxygen atoms in total. The number of hydrogen-bond acceptors (Lipinski definition) is 6. The van der Waals surface area contributed by atoms with Crippen molar-refractivity contribution in [2.45, 2.75) is 200 Å². The molecule has 0 heterocycles. The summed E-state index contributed by atoms with van der Waals surface area (Å²) in [6, 6.07) is 0. The van der Waals surface area contributed by atoms with Crippen LogP contribution >= 0.6 is 0 Å². The number of carbonyl (C=O) groups is 3. The smallest absolute Gasteiger partial charge is 0.306 e. The molecule has 0 aliphatic rings. The van der Waals surface area contributed by atoms with Gasteiger partial charge in [0.1, 0.15) is 13.2 Å². The van der Waals surface area contributed by atoms with Gasteiger partial charge in [-0.05, 0) is 109 Å². The van der Waals surface area contributed by atoms with Crippen LogP contribution in [0.25, 0.3) is 0 Å². The average molecular weight is 883 g/mol. The van der Waals surface area contributed by atoms with E-state index in [2.05, 4.69) is 118 Å². The van der Waals surface area contributed by atoms with Gasteiger partial charge in [0.05, 0.1) is 0 Å². The highest BCUT2D eigenvalue weighted by atomic mass is 16.6. The molecule has 0 spiro atoms. The van der Waals surface area contributed by atoms with Crippen molar-refractivity contribution >= 4 is 17.9 Å². The molecule has 0 radical (unpaired) electrons. The molecular formula is C58H90O6. The highest BCUT2D eigenvalue weighted by molar-refractivity contribution is 5.71. The highest BCUT2D eigenvalue weighted by Crippen LogP contribution is 2.13. The van der Waals surface area contributed by atoms with Crippen LogP contribution in [0.1, 0.15) is 194 Å². The monoisotopic (exact) mass is 883 g/mol. The molecule has 0 aromatic carbocycles. The van der Waals surface area contributed by atoms with Crippen molar-refractivity contribution in [3.8, 4) is 0 Å². The number of rotatable bonds is 43. The van der Waals surface area contributed by atoms with Crippen LogP contribution < -0.4 is 0 Å². The Kier molecular flexibility index (Phi) is 47.6. The maximum absolute atomic E-state index is 12.8. The third kappa shape index (κ3) is 48.6. The van der Waals surface area contributed by atoms with E-state index in [1.54, 1.807) is 0 Å². The third-order valence-electron chi connectivity index (χ3n) is 9.98. The molecule has 0 fully saturated rings. The van der Waals surface area contributed by atoms with Gasteiger partial charge >= 0.3 is 17.9 Å². The maximum atomic E-state index is 12.8. The molecule has 0 saturated heterocycles. The van der Waals surface area contributed by atoms with E-state index in [9.17, 15) is 14.4 Å². The van der Waals surface area contributed by atoms with Crippen LogP contribution in [0.2, 0.25) is 0 Å². The quantitative estimate of drug-likeness (QED) is 0.0200. The lowest BCUT2D eigenvalue weighted by molar-refractivity contribution is -0.167. The predicted molar refractivity (Wildman–Crippen MR) is 274 cm³/mol. The fourth-order valence-electron chi connectivity index (χ4n) is 6.28. The van der Waals surface area contributed by atoms with E-state index in [0.717, 1.165) is 128 Å². The summed E-state index contributed by atoms with van der Waals surface area (Å²) in [4.78, 5) is 38.0. The Morgan fingerprint density at radius 3 is 1.08 bits per heavy atom. The zero-order valence-electron chi connectivity index (χ0n) is 40.7. The van der Waals surface area contributed by atoms with Gasteiger partial charge in [0.2, 0.25) is 0 Å². The zero-order chi connectivity index (χ0) is 46.5. The van der Waals surface area contributed by atoms with Crippen molar-refractivity contribution in [3.05, 3.63) is 134 Å². The van der Waals surface area contributed by atoms with Gasteiger partial charge in [-0.3, -0.25) is 14.4 Å². The Morgan fingerprint density at radius 2 is 0.641 bits per heavy atom. The first kappa shape index (κ1) is 59.5. The van der Waals surface area contributed by atoms with Crippen molar-refractivity contribution in [2.24, 2.45) is 0 Å². The van der Waals surface area contributed by atoms with Crippen LogP contribution in [0.5, 0.6) is 0 Å². The molecule has 0 bridgehead atoms. The Hall–Kier alpha value is -4.45. The molecule has 0 amide bonds. The van der Waals surface area contributed by atoms with Gasteiger partial charge in [-0.2, -0.15) is 0 Å². The maximum Gasteiger partial charge on any atom is 0.306 e. The number of ether oxygens (including phenoxy) is 3. The highest BCUT2D eigenvalue weighted by Gasteiger charge is 2.19. The lowest BCUT2D eigenvalue weighted by Gasteiger charge is -2.18. The first-order chi connectivity index (χ1) is 31.5. The Bertz CT molecular complexity index is 1430. The summed E-state index contributed by atoms with van der Waals surface area (Å²) in [6.07, 6.45) is 71.5. The normalized spacial score (nSPS) is 13.2. The van der Waals surface area contributed by atoms with E-state index >= 15 is 0 Å². The number of hydrogen-bond donors (Lipinski definition) is 0. The van der Waals surface area contributed by atoms with Crippen LogP contribution in [-0.2, 0) is 28.6 Å². The Morgan fingerprint density at radius 1 is 0.328 bits per heavy atom. The van der Waals surface area contributed by atoms with Crippen LogP contribution in [0, 0.1) is 0 Å². The third-order valence-corrected chi connectivity index (χ3v) is 9.98. The van der Waals surface area contributed by atoms with Crippen molar-refractivity contribution in [3.63, 3.8) is 0 Å². The molecule has 0 N–H and O–H groups in total. The van der Waals surface area contributed by atoms with Crippen molar-refractivity contribution < 1.29 is 28.6 Å². The molecule has 1 atom stereocenters. The predicted octanol–water partition coefficient (Wildman–Crippen LogP) is 16.7. The van der Waals surface area contributed by atoms with Gasteiger partial charge in [0, 0.05) is 19.3 Å². The topological polar surface area (TPSA) is 78.9 Å². The van der Waals surface area contributed by atoms with Crippen LogP contribution in [0.15, 0.2) is 134 Å². The summed E-state index contributed by atoms with van der Waals surface area (Å²) in [6.45, 7) is 6.18. The van der Waals surface area contributed by atoms with Crippen LogP contribution in [0.4, 0.5) is 0 Å². The van der Waals surface area contributed by atoms with Crippen molar-refractivity contribution in [1.29, 1.82) is 0 Å². The summed E-state index contributed by atoms with van der Waals surface area (Å²) in [5.41, 5.74) is 0. The molecule has 0 rings (SSSR count). The number of carbonyl (C=O) groups excluding carboxylic acids is 3. The van der Waals surface area contributed by atoms with Gasteiger partial charge < -0.3 is 14.2 Å². The van der Waals surface area contributed by atoms with Crippen LogP contribution in [-0.4, -0.2) is 37.2 Å². The summed E-state index contributed by atoms with van der Waals surface area (Å²) in [5.74, 6) is -1.00. The van der Waals surface area contributed by atoms with Crippen LogP contribution in [0.3, 0.4) is 0 Å². The van der Waals surface area contributed by atoms with Gasteiger partial charge in [-0.1, -0.05) is 199 Å². The summed E-state index contributed by atoms with van der Waals surface area (Å²) in [7, 11) is 0. The second-order valence-electron chi connectivity index (χ2n) is 16.0. The second-order valence-corrected chi connectivity index (χ2v) is 16.0. The summed E-state index contributed by atoms with van der Waals surface area (Å²) >= 11 is 0. The van der Waals surface area contributed by atoms with E-state index in [1.807, 2.05) is 36.5 Å². The van der Waals surface area contributed by atoms with E-state index in [0.29, 0.717) is 19.3 Å². The fourth-order valence-corrected chi connectivity index (χ4v) is 6.28. The molecule has 0 aliphatic carbocycles. The van der Waals surface area contributed by atoms with E-state index in [1.165, 1.54) is 25.7 Å². The molecule has 0 aliphatic heterocycles. The standard InChI is InChI=1S/C58H90O6/c1-4-7-10-13-16-19-22-25-27-28-29-30-31-34-36-39-42-45-48-51-57(60)63-54-55(53-62-56(59)50-47-44-41-38-35-32-24-21-18-15-12-9-6-3)64-58(61)52-49-46-43-40-37-33-26-23-20-17-14-11-8-5-2/h7-12,15-21,24-25,27,29-30,32,34-36,55H,4-6,13-14,22-23,26,28,31,33,37-54H2,1-3H3/b10-7+,11-8+,12-9+,18-15+,19-16+,20-17+,24-21+,27-25+,30-29+,35-32+,36-34+. The molecular weight excluding hydrogens is 793 g/mol. The van der Waals surface area contributed by atoms with Crippen molar-refractivity contribution in [1.82, 2.24) is 0 Å². The SMILES string of the molecule is CC/C=C/C=C/C=C/C=C/CCCCCC(=O)OCC(COC(=O)CCCCC/C=C/C/C=C/C/C=C/C/C=C/C/C=C/CC)OC(=O)CCCCCCCCC/C=C/C/C=C/CC. The minimum atomic E-state index is -0.817. The van der Waals surface area contributed by atoms with Gasteiger partial charge in [0.25, 0.3) is 0 Å². The van der Waals surface area contributed by atoms with E-state index < -0.39 is 6.10 Å². The number of allylic oxidation sites excluding steroid dienone is 22. The average Bonchev–Trinajstić information content (AvgIpc) is 3.29. The molecule has 358 valence electrons. The number of esters is 3. The molecule has 64 heavy (non-hydrogen) atoms. The first-order valence-corrected chi connectivity index (χ1v) is 25.2. The molecule has 0 saturated carbocycles. The molecule has 0 aromatic rings. The van der Waals surface area contributed by atoms with Gasteiger partial charge in [0.15, 0.2) is 6.10 Å². The largest absolute Gasteiger partial charge is 0.462 e. The number of unbranched alkanes of at least 4 members (excludes halogenated alkanes) is 13. The van der Waals surface area contributed by atoms with E-state index in [4.69, 9.17) is 14.2 Å².